The second-order valence-electron chi connectivity index (χ2n) is 12.2. The highest BCUT2D eigenvalue weighted by atomic mass is 32.3. The van der Waals surface area contributed by atoms with Crippen molar-refractivity contribution in [1.29, 1.82) is 0 Å². The monoisotopic (exact) mass is 597 g/mol. The average Bonchev–Trinajstić information content (AvgIpc) is 2.84. The Hall–Kier alpha value is -0.390. The molecule has 0 aromatic rings. The van der Waals surface area contributed by atoms with Crippen LogP contribution < -0.4 is 0 Å². The van der Waals surface area contributed by atoms with Gasteiger partial charge in [-0.15, -0.1) is 0 Å². The fourth-order valence-electron chi connectivity index (χ4n) is 5.25. The van der Waals surface area contributed by atoms with Gasteiger partial charge in [-0.1, -0.05) is 130 Å². The van der Waals surface area contributed by atoms with E-state index in [-0.39, 0.29) is 24.0 Å². The minimum atomic E-state index is -4.31. The molecular weight excluding hydrogens is 540 g/mol. The maximum absolute atomic E-state index is 13.3. The number of carbonyl (C=O) groups excluding carboxylic acids is 1. The Bertz CT molecular complexity index is 750. The molecule has 39 heavy (non-hydrogen) atoms. The molecule has 234 valence electrons. The SMILES string of the molecule is CC(C)(CCCCCCCCCCCOS(=O)[O-])C(=O)C(C)(C)CCCCCCCCCCCOS(=O)(=O)O. The van der Waals surface area contributed by atoms with Crippen molar-refractivity contribution in [2.45, 2.75) is 156 Å². The molecule has 0 radical (unpaired) electrons. The van der Waals surface area contributed by atoms with E-state index in [1.165, 1.54) is 44.9 Å². The molecule has 0 spiro atoms. The summed E-state index contributed by atoms with van der Waals surface area (Å²) in [5.41, 5.74) is -0.576. The standard InChI is InChI=1S/C29H58O8S2/c1-28(2,23-19-15-11-7-5-9-13-17-21-25-36-38(31)32)27(30)29(3,4)24-20-16-12-8-6-10-14-18-22-26-37-39(33,34)35/h5-26H2,1-4H3,(H,31,32)(H,33,34,35)/p-1. The van der Waals surface area contributed by atoms with E-state index in [1.807, 2.05) is 0 Å². The first-order valence-corrected chi connectivity index (χ1v) is 17.5. The van der Waals surface area contributed by atoms with Crippen molar-refractivity contribution in [3.63, 3.8) is 0 Å². The Kier molecular flexibility index (Phi) is 22.0. The van der Waals surface area contributed by atoms with Crippen LogP contribution in [0, 0.1) is 10.8 Å². The van der Waals surface area contributed by atoms with Crippen LogP contribution in [0.1, 0.15) is 156 Å². The lowest BCUT2D eigenvalue weighted by atomic mass is 9.69. The summed E-state index contributed by atoms with van der Waals surface area (Å²) in [5.74, 6) is 0.387. The second-order valence-corrected chi connectivity index (χ2v) is 14.0. The van der Waals surface area contributed by atoms with Crippen molar-refractivity contribution >= 4 is 27.5 Å². The Morgan fingerprint density at radius 1 is 0.641 bits per heavy atom. The fourth-order valence-corrected chi connectivity index (χ4v) is 5.83. The minimum absolute atomic E-state index is 0.0431. The van der Waals surface area contributed by atoms with Crippen LogP contribution in [0.5, 0.6) is 0 Å². The van der Waals surface area contributed by atoms with Crippen LogP contribution in [-0.4, -0.2) is 40.7 Å². The molecule has 0 saturated carbocycles. The number of carbonyl (C=O) groups is 1. The Labute approximate surface area is 242 Å². The zero-order valence-corrected chi connectivity index (χ0v) is 26.8. The lowest BCUT2D eigenvalue weighted by Gasteiger charge is -2.33. The molecule has 0 bridgehead atoms. The number of hydrogen-bond donors (Lipinski definition) is 1. The van der Waals surface area contributed by atoms with Crippen LogP contribution in [0.3, 0.4) is 0 Å². The van der Waals surface area contributed by atoms with Gasteiger partial charge in [0.2, 0.25) is 0 Å². The molecule has 0 aromatic carbocycles. The first-order valence-electron chi connectivity index (χ1n) is 15.2. The summed E-state index contributed by atoms with van der Waals surface area (Å²) in [6.07, 6.45) is 21.3. The lowest BCUT2D eigenvalue weighted by molar-refractivity contribution is -0.136. The maximum Gasteiger partial charge on any atom is 0.397 e. The third kappa shape index (κ3) is 24.0. The molecule has 1 atom stereocenters. The molecular formula is C29H57O8S2-. The van der Waals surface area contributed by atoms with Gasteiger partial charge >= 0.3 is 10.4 Å². The predicted molar refractivity (Wildman–Crippen MR) is 157 cm³/mol. The third-order valence-electron chi connectivity index (χ3n) is 7.53. The van der Waals surface area contributed by atoms with E-state index >= 15 is 0 Å². The van der Waals surface area contributed by atoms with Gasteiger partial charge in [-0.3, -0.25) is 9.35 Å². The Morgan fingerprint density at radius 3 is 1.28 bits per heavy atom. The zero-order valence-electron chi connectivity index (χ0n) is 25.2. The normalized spacial score (nSPS) is 13.6. The fraction of sp³-hybridized carbons (Fsp3) is 0.966. The van der Waals surface area contributed by atoms with E-state index in [4.69, 9.17) is 4.55 Å². The van der Waals surface area contributed by atoms with Crippen molar-refractivity contribution in [2.24, 2.45) is 10.8 Å². The highest BCUT2D eigenvalue weighted by molar-refractivity contribution is 7.80. The molecule has 0 aliphatic carbocycles. The smallest absolute Gasteiger partial charge is 0.397 e. The predicted octanol–water partition coefficient (Wildman–Crippen LogP) is 8.04. The first-order chi connectivity index (χ1) is 18.3. The molecule has 1 unspecified atom stereocenters. The van der Waals surface area contributed by atoms with E-state index in [2.05, 4.69) is 36.1 Å². The molecule has 0 aromatic heterocycles. The Morgan fingerprint density at radius 2 is 0.949 bits per heavy atom. The third-order valence-corrected chi connectivity index (χ3v) is 8.36. The van der Waals surface area contributed by atoms with Crippen molar-refractivity contribution in [3.8, 4) is 0 Å². The molecule has 0 amide bonds. The van der Waals surface area contributed by atoms with Gasteiger partial charge in [0.15, 0.2) is 0 Å². The molecule has 0 aliphatic rings. The molecule has 0 heterocycles. The molecule has 0 fully saturated rings. The summed E-state index contributed by atoms with van der Waals surface area (Å²) < 4.78 is 58.8. The highest BCUT2D eigenvalue weighted by Gasteiger charge is 2.37. The van der Waals surface area contributed by atoms with Crippen LogP contribution in [0.2, 0.25) is 0 Å². The van der Waals surface area contributed by atoms with Crippen LogP contribution in [-0.2, 0) is 34.9 Å². The lowest BCUT2D eigenvalue weighted by Crippen LogP contribution is -2.37. The highest BCUT2D eigenvalue weighted by Crippen LogP contribution is 2.37. The summed E-state index contributed by atoms with van der Waals surface area (Å²) in [6, 6.07) is 0. The van der Waals surface area contributed by atoms with Gasteiger partial charge in [0.25, 0.3) is 0 Å². The van der Waals surface area contributed by atoms with Gasteiger partial charge in [-0.2, -0.15) is 8.42 Å². The van der Waals surface area contributed by atoms with Gasteiger partial charge in [-0.25, -0.2) is 8.39 Å². The zero-order chi connectivity index (χ0) is 29.6. The topological polar surface area (TPSA) is 130 Å². The van der Waals surface area contributed by atoms with E-state index < -0.39 is 21.8 Å². The summed E-state index contributed by atoms with van der Waals surface area (Å²) in [5, 5.41) is 0. The van der Waals surface area contributed by atoms with Crippen molar-refractivity contribution in [1.82, 2.24) is 0 Å². The molecule has 1 N–H and O–H groups in total. The van der Waals surface area contributed by atoms with Crippen LogP contribution in [0.15, 0.2) is 0 Å². The molecule has 0 saturated heterocycles. The van der Waals surface area contributed by atoms with Crippen molar-refractivity contribution in [2.75, 3.05) is 13.2 Å². The van der Waals surface area contributed by atoms with E-state index in [0.29, 0.717) is 12.2 Å². The minimum Gasteiger partial charge on any atom is -0.750 e. The Balaban J connectivity index is 3.80. The van der Waals surface area contributed by atoms with Crippen molar-refractivity contribution < 1.29 is 34.9 Å². The average molecular weight is 598 g/mol. The van der Waals surface area contributed by atoms with E-state index in [0.717, 1.165) is 77.0 Å². The number of hydrogen-bond acceptors (Lipinski definition) is 7. The van der Waals surface area contributed by atoms with Gasteiger partial charge in [0, 0.05) is 10.8 Å². The summed E-state index contributed by atoms with van der Waals surface area (Å²) in [4.78, 5) is 13.3. The van der Waals surface area contributed by atoms with Gasteiger partial charge < -0.3 is 8.74 Å². The van der Waals surface area contributed by atoms with Crippen LogP contribution in [0.25, 0.3) is 0 Å². The first kappa shape index (κ1) is 38.6. The molecule has 0 rings (SSSR count). The quantitative estimate of drug-likeness (QED) is 0.0545. The summed E-state index contributed by atoms with van der Waals surface area (Å²) in [7, 11) is -4.31. The number of rotatable bonds is 28. The van der Waals surface area contributed by atoms with Crippen LogP contribution in [0.4, 0.5) is 0 Å². The second kappa shape index (κ2) is 22.2. The summed E-state index contributed by atoms with van der Waals surface area (Å²) >= 11 is -2.39. The van der Waals surface area contributed by atoms with Crippen molar-refractivity contribution in [3.05, 3.63) is 0 Å². The van der Waals surface area contributed by atoms with E-state index in [1.54, 1.807) is 0 Å². The van der Waals surface area contributed by atoms with E-state index in [9.17, 15) is 22.0 Å². The maximum atomic E-state index is 13.3. The molecule has 0 aliphatic heterocycles. The number of unbranched alkanes of at least 4 members (excludes halogenated alkanes) is 16. The molecule has 8 nitrogen and oxygen atoms in total. The van der Waals surface area contributed by atoms with Gasteiger partial charge in [-0.05, 0) is 25.7 Å². The molecule has 10 heteroatoms. The number of Topliss-reactive ketones (excluding diaryl/α,β-unsaturated/α-hetero) is 1. The van der Waals surface area contributed by atoms with Gasteiger partial charge in [0.1, 0.15) is 5.78 Å². The summed E-state index contributed by atoms with van der Waals surface area (Å²) in [6.45, 7) is 8.76. The van der Waals surface area contributed by atoms with Crippen LogP contribution >= 0.6 is 0 Å². The largest absolute Gasteiger partial charge is 0.750 e. The van der Waals surface area contributed by atoms with Gasteiger partial charge in [0.05, 0.1) is 24.6 Å². The number of ketones is 1.